The van der Waals surface area contributed by atoms with Gasteiger partial charge in [-0.3, -0.25) is 14.4 Å². The van der Waals surface area contributed by atoms with Crippen LogP contribution in [-0.2, 0) is 4.79 Å². The van der Waals surface area contributed by atoms with E-state index in [1.807, 2.05) is 19.9 Å². The highest BCUT2D eigenvalue weighted by Gasteiger charge is 2.13. The zero-order valence-corrected chi connectivity index (χ0v) is 18.5. The van der Waals surface area contributed by atoms with Crippen LogP contribution in [0.5, 0.6) is 0 Å². The van der Waals surface area contributed by atoms with Gasteiger partial charge in [0.2, 0.25) is 5.91 Å². The van der Waals surface area contributed by atoms with E-state index in [2.05, 4.69) is 22.9 Å². The Labute approximate surface area is 184 Å². The van der Waals surface area contributed by atoms with Gasteiger partial charge in [-0.05, 0) is 56.7 Å². The Morgan fingerprint density at radius 2 is 1.52 bits per heavy atom. The van der Waals surface area contributed by atoms with Crippen LogP contribution in [0.2, 0.25) is 0 Å². The van der Waals surface area contributed by atoms with Crippen LogP contribution in [0.3, 0.4) is 0 Å². The lowest BCUT2D eigenvalue weighted by atomic mass is 10.1. The van der Waals surface area contributed by atoms with Crippen molar-refractivity contribution in [1.29, 1.82) is 0 Å². The quantitative estimate of drug-likeness (QED) is 0.479. The van der Waals surface area contributed by atoms with Crippen LogP contribution in [0, 0.1) is 0 Å². The maximum atomic E-state index is 12.5. The van der Waals surface area contributed by atoms with Crippen molar-refractivity contribution in [3.8, 4) is 0 Å². The maximum Gasteiger partial charge on any atom is 0.253 e. The Morgan fingerprint density at radius 1 is 0.871 bits per heavy atom. The van der Waals surface area contributed by atoms with Gasteiger partial charge in [0.05, 0.1) is 6.54 Å². The van der Waals surface area contributed by atoms with Gasteiger partial charge in [-0.25, -0.2) is 0 Å². The number of benzene rings is 2. The zero-order chi connectivity index (χ0) is 22.6. The van der Waals surface area contributed by atoms with Crippen LogP contribution in [-0.4, -0.2) is 48.8 Å². The molecule has 0 spiro atoms. The van der Waals surface area contributed by atoms with Crippen molar-refractivity contribution in [2.24, 2.45) is 0 Å². The van der Waals surface area contributed by atoms with E-state index in [1.54, 1.807) is 47.4 Å². The largest absolute Gasteiger partial charge is 0.376 e. The van der Waals surface area contributed by atoms with E-state index < -0.39 is 0 Å². The van der Waals surface area contributed by atoms with Crippen molar-refractivity contribution in [1.82, 2.24) is 10.2 Å². The summed E-state index contributed by atoms with van der Waals surface area (Å²) < 4.78 is 0. The van der Waals surface area contributed by atoms with Gasteiger partial charge >= 0.3 is 0 Å². The molecular weight excluding hydrogens is 392 g/mol. The normalized spacial score (nSPS) is 10.3. The number of nitrogens with one attached hydrogen (secondary N) is 3. The molecule has 0 saturated heterocycles. The molecule has 0 aliphatic heterocycles. The molecule has 0 aromatic heterocycles. The molecule has 0 fully saturated rings. The third-order valence-electron chi connectivity index (χ3n) is 4.84. The molecule has 0 heterocycles. The highest BCUT2D eigenvalue weighted by atomic mass is 16.2. The fourth-order valence-electron chi connectivity index (χ4n) is 3.06. The lowest BCUT2D eigenvalue weighted by Crippen LogP contribution is -2.30. The molecule has 0 bridgehead atoms. The first kappa shape index (κ1) is 23.9. The van der Waals surface area contributed by atoms with Crippen LogP contribution in [0.25, 0.3) is 0 Å². The van der Waals surface area contributed by atoms with Gasteiger partial charge in [0, 0.05) is 42.1 Å². The average Bonchev–Trinajstić information content (AvgIpc) is 2.79. The minimum absolute atomic E-state index is 0.0351. The fraction of sp³-hybridized carbons (Fsp3) is 0.375. The summed E-state index contributed by atoms with van der Waals surface area (Å²) in [6.45, 7) is 7.91. The van der Waals surface area contributed by atoms with E-state index in [1.165, 1.54) is 0 Å². The molecule has 0 aliphatic rings. The molecule has 2 aromatic rings. The van der Waals surface area contributed by atoms with Crippen LogP contribution < -0.4 is 16.0 Å². The second-order valence-electron chi connectivity index (χ2n) is 7.15. The van der Waals surface area contributed by atoms with E-state index >= 15 is 0 Å². The zero-order valence-electron chi connectivity index (χ0n) is 18.5. The predicted octanol–water partition coefficient (Wildman–Crippen LogP) is 3.75. The van der Waals surface area contributed by atoms with Crippen molar-refractivity contribution in [2.75, 3.05) is 36.8 Å². The Kier molecular flexibility index (Phi) is 9.55. The van der Waals surface area contributed by atoms with E-state index in [9.17, 15) is 14.4 Å². The third-order valence-corrected chi connectivity index (χ3v) is 4.84. The Balaban J connectivity index is 1.92. The monoisotopic (exact) mass is 424 g/mol. The molecule has 0 unspecified atom stereocenters. The van der Waals surface area contributed by atoms with Crippen molar-refractivity contribution in [2.45, 2.75) is 33.6 Å². The molecule has 2 aromatic carbocycles. The number of carbonyl (C=O) groups is 3. The topological polar surface area (TPSA) is 90.5 Å². The Morgan fingerprint density at radius 3 is 2.19 bits per heavy atom. The summed E-state index contributed by atoms with van der Waals surface area (Å²) >= 11 is 0. The number of anilines is 2. The molecule has 0 saturated carbocycles. The lowest BCUT2D eigenvalue weighted by Gasteiger charge is -2.19. The van der Waals surface area contributed by atoms with E-state index in [-0.39, 0.29) is 24.3 Å². The first-order chi connectivity index (χ1) is 15.0. The maximum absolute atomic E-state index is 12.5. The molecule has 166 valence electrons. The molecule has 7 heteroatoms. The number of unbranched alkanes of at least 4 members (excludes halogenated alkanes) is 1. The summed E-state index contributed by atoms with van der Waals surface area (Å²) in [5.74, 6) is -0.437. The molecule has 0 atom stereocenters. The molecule has 2 rings (SSSR count). The van der Waals surface area contributed by atoms with Crippen molar-refractivity contribution in [3.05, 3.63) is 59.7 Å². The van der Waals surface area contributed by atoms with Gasteiger partial charge in [-0.1, -0.05) is 25.5 Å². The number of hydrogen-bond acceptors (Lipinski definition) is 4. The van der Waals surface area contributed by atoms with Gasteiger partial charge in [0.15, 0.2) is 0 Å². The SMILES string of the molecule is CCCCNC(=O)c1cccc(NC(=O)CNc2cccc(C(=O)N(CC)CC)c2)c1. The summed E-state index contributed by atoms with van der Waals surface area (Å²) in [6.07, 6.45) is 1.94. The van der Waals surface area contributed by atoms with Gasteiger partial charge in [-0.2, -0.15) is 0 Å². The van der Waals surface area contributed by atoms with Gasteiger partial charge in [0.25, 0.3) is 11.8 Å². The minimum atomic E-state index is -0.246. The number of rotatable bonds is 11. The number of amides is 3. The summed E-state index contributed by atoms with van der Waals surface area (Å²) in [7, 11) is 0. The number of carbonyl (C=O) groups excluding carboxylic acids is 3. The van der Waals surface area contributed by atoms with E-state index in [0.29, 0.717) is 42.1 Å². The predicted molar refractivity (Wildman–Crippen MR) is 124 cm³/mol. The fourth-order valence-corrected chi connectivity index (χ4v) is 3.06. The summed E-state index contributed by atoms with van der Waals surface area (Å²) in [4.78, 5) is 38.8. The van der Waals surface area contributed by atoms with Crippen LogP contribution in [0.1, 0.15) is 54.3 Å². The second-order valence-corrected chi connectivity index (χ2v) is 7.15. The Bertz CT molecular complexity index is 894. The standard InChI is InChI=1S/C24H32N4O3/c1-4-7-14-25-23(30)18-10-8-13-21(15-18)27-22(29)17-26-20-12-9-11-19(16-20)24(31)28(5-2)6-3/h8-13,15-16,26H,4-7,14,17H2,1-3H3,(H,25,30)(H,27,29). The second kappa shape index (κ2) is 12.4. The first-order valence-corrected chi connectivity index (χ1v) is 10.8. The average molecular weight is 425 g/mol. The van der Waals surface area contributed by atoms with E-state index in [4.69, 9.17) is 0 Å². The van der Waals surface area contributed by atoms with Crippen molar-refractivity contribution in [3.63, 3.8) is 0 Å². The highest BCUT2D eigenvalue weighted by Crippen LogP contribution is 2.14. The van der Waals surface area contributed by atoms with Crippen LogP contribution in [0.15, 0.2) is 48.5 Å². The third kappa shape index (κ3) is 7.44. The van der Waals surface area contributed by atoms with Gasteiger partial charge < -0.3 is 20.9 Å². The van der Waals surface area contributed by atoms with Crippen molar-refractivity contribution >= 4 is 29.1 Å². The summed E-state index contributed by atoms with van der Waals surface area (Å²) in [6, 6.07) is 14.0. The highest BCUT2D eigenvalue weighted by molar-refractivity contribution is 5.98. The van der Waals surface area contributed by atoms with Crippen LogP contribution in [0.4, 0.5) is 11.4 Å². The molecule has 0 aliphatic carbocycles. The van der Waals surface area contributed by atoms with E-state index in [0.717, 1.165) is 12.8 Å². The summed E-state index contributed by atoms with van der Waals surface area (Å²) in [5.41, 5.74) is 2.33. The molecule has 7 nitrogen and oxygen atoms in total. The molecule has 3 N–H and O–H groups in total. The van der Waals surface area contributed by atoms with Gasteiger partial charge in [-0.15, -0.1) is 0 Å². The number of nitrogens with zero attached hydrogens (tertiary/aromatic N) is 1. The smallest absolute Gasteiger partial charge is 0.253 e. The Hall–Kier alpha value is -3.35. The minimum Gasteiger partial charge on any atom is -0.376 e. The molecule has 31 heavy (non-hydrogen) atoms. The first-order valence-electron chi connectivity index (χ1n) is 10.8. The molecular formula is C24H32N4O3. The summed E-state index contributed by atoms with van der Waals surface area (Å²) in [5, 5.41) is 8.70. The lowest BCUT2D eigenvalue weighted by molar-refractivity contribution is -0.114. The molecule has 3 amide bonds. The van der Waals surface area contributed by atoms with Gasteiger partial charge in [0.1, 0.15) is 0 Å². The molecule has 0 radical (unpaired) electrons. The van der Waals surface area contributed by atoms with Crippen molar-refractivity contribution < 1.29 is 14.4 Å². The number of hydrogen-bond donors (Lipinski definition) is 3. The van der Waals surface area contributed by atoms with Crippen LogP contribution >= 0.6 is 0 Å².